The first-order valence-corrected chi connectivity index (χ1v) is 9.33. The summed E-state index contributed by atoms with van der Waals surface area (Å²) in [5, 5.41) is 16.6. The molecule has 8 heteroatoms. The number of hydrogen-bond donors (Lipinski definition) is 1. The Hall–Kier alpha value is -2.03. The summed E-state index contributed by atoms with van der Waals surface area (Å²) in [7, 11) is 1.92. The van der Waals surface area contributed by atoms with Gasteiger partial charge in [-0.15, -0.1) is 11.3 Å². The summed E-state index contributed by atoms with van der Waals surface area (Å²) in [5.74, 6) is 2.29. The van der Waals surface area contributed by atoms with Gasteiger partial charge in [0.15, 0.2) is 0 Å². The molecule has 132 valence electrons. The predicted octanol–water partition coefficient (Wildman–Crippen LogP) is 2.48. The van der Waals surface area contributed by atoms with Crippen LogP contribution in [0.25, 0.3) is 10.7 Å². The van der Waals surface area contributed by atoms with Crippen LogP contribution in [0.2, 0.25) is 0 Å². The van der Waals surface area contributed by atoms with Gasteiger partial charge in [-0.3, -0.25) is 4.90 Å². The standard InChI is InChI=1S/C17H21N5O2S/c1-21-9-6-18-17(21)15(23)12-4-7-22(8-5-12)11-14-19-16(20-24-14)13-3-2-10-25-13/h2-3,6,9-10,12,15,23H,4-5,7-8,11H2,1H3. The van der Waals surface area contributed by atoms with Crippen molar-refractivity contribution in [2.45, 2.75) is 25.5 Å². The summed E-state index contributed by atoms with van der Waals surface area (Å²) < 4.78 is 7.27. The normalized spacial score (nSPS) is 17.8. The molecule has 0 radical (unpaired) electrons. The zero-order chi connectivity index (χ0) is 17.2. The van der Waals surface area contributed by atoms with Crippen LogP contribution in [0.4, 0.5) is 0 Å². The Morgan fingerprint density at radius 3 is 2.92 bits per heavy atom. The van der Waals surface area contributed by atoms with Crippen molar-refractivity contribution in [2.24, 2.45) is 13.0 Å². The fourth-order valence-corrected chi connectivity index (χ4v) is 3.97. The van der Waals surface area contributed by atoms with E-state index in [9.17, 15) is 5.11 Å². The molecule has 1 aliphatic rings. The van der Waals surface area contributed by atoms with E-state index in [-0.39, 0.29) is 5.92 Å². The highest BCUT2D eigenvalue weighted by Crippen LogP contribution is 2.30. The highest BCUT2D eigenvalue weighted by Gasteiger charge is 2.29. The summed E-state index contributed by atoms with van der Waals surface area (Å²) in [4.78, 5) is 12.1. The molecule has 1 atom stereocenters. The third-order valence-electron chi connectivity index (χ3n) is 4.77. The summed E-state index contributed by atoms with van der Waals surface area (Å²) in [6.07, 6.45) is 4.96. The molecule has 1 N–H and O–H groups in total. The van der Waals surface area contributed by atoms with Gasteiger partial charge in [0.1, 0.15) is 11.9 Å². The average Bonchev–Trinajstić information content (AvgIpc) is 3.36. The number of aromatic nitrogens is 4. The first kappa shape index (κ1) is 16.4. The number of rotatable bonds is 5. The van der Waals surface area contributed by atoms with Crippen molar-refractivity contribution in [3.8, 4) is 10.7 Å². The van der Waals surface area contributed by atoms with E-state index in [1.54, 1.807) is 17.5 Å². The molecule has 1 fully saturated rings. The van der Waals surface area contributed by atoms with Gasteiger partial charge < -0.3 is 14.2 Å². The topological polar surface area (TPSA) is 80.2 Å². The van der Waals surface area contributed by atoms with Crippen LogP contribution in [-0.2, 0) is 13.6 Å². The lowest BCUT2D eigenvalue weighted by Gasteiger charge is -2.33. The number of aryl methyl sites for hydroxylation is 1. The highest BCUT2D eigenvalue weighted by molar-refractivity contribution is 7.13. The van der Waals surface area contributed by atoms with Crippen molar-refractivity contribution < 1.29 is 9.63 Å². The van der Waals surface area contributed by atoms with Gasteiger partial charge in [-0.05, 0) is 43.3 Å². The predicted molar refractivity (Wildman–Crippen MR) is 93.8 cm³/mol. The Morgan fingerprint density at radius 1 is 1.40 bits per heavy atom. The summed E-state index contributed by atoms with van der Waals surface area (Å²) in [6, 6.07) is 3.97. The molecule has 1 aliphatic heterocycles. The van der Waals surface area contributed by atoms with E-state index < -0.39 is 6.10 Å². The lowest BCUT2D eigenvalue weighted by atomic mass is 9.91. The molecule has 0 saturated carbocycles. The van der Waals surface area contributed by atoms with E-state index in [1.807, 2.05) is 35.3 Å². The van der Waals surface area contributed by atoms with Crippen molar-refractivity contribution in [2.75, 3.05) is 13.1 Å². The Kier molecular flexibility index (Phi) is 4.65. The molecule has 0 spiro atoms. The molecular weight excluding hydrogens is 338 g/mol. The number of likely N-dealkylation sites (tertiary alicyclic amines) is 1. The van der Waals surface area contributed by atoms with Crippen molar-refractivity contribution >= 4 is 11.3 Å². The number of nitrogens with zero attached hydrogens (tertiary/aromatic N) is 5. The van der Waals surface area contributed by atoms with Crippen LogP contribution in [0, 0.1) is 5.92 Å². The largest absolute Gasteiger partial charge is 0.385 e. The maximum Gasteiger partial charge on any atom is 0.241 e. The zero-order valence-corrected chi connectivity index (χ0v) is 14.9. The number of aliphatic hydroxyl groups is 1. The Balaban J connectivity index is 1.33. The van der Waals surface area contributed by atoms with Crippen molar-refractivity contribution in [3.63, 3.8) is 0 Å². The van der Waals surface area contributed by atoms with Gasteiger partial charge in [-0.2, -0.15) is 4.98 Å². The van der Waals surface area contributed by atoms with Crippen LogP contribution in [0.3, 0.4) is 0 Å². The number of thiophene rings is 1. The van der Waals surface area contributed by atoms with Crippen LogP contribution in [0.1, 0.15) is 30.7 Å². The molecule has 0 aliphatic carbocycles. The van der Waals surface area contributed by atoms with Gasteiger partial charge in [0.05, 0.1) is 11.4 Å². The lowest BCUT2D eigenvalue weighted by molar-refractivity contribution is 0.0466. The van der Waals surface area contributed by atoms with E-state index in [2.05, 4.69) is 20.0 Å². The molecule has 0 aromatic carbocycles. The van der Waals surface area contributed by atoms with Crippen LogP contribution in [0.5, 0.6) is 0 Å². The van der Waals surface area contributed by atoms with Crippen molar-refractivity contribution in [1.29, 1.82) is 0 Å². The average molecular weight is 359 g/mol. The summed E-state index contributed by atoms with van der Waals surface area (Å²) in [5.41, 5.74) is 0. The van der Waals surface area contributed by atoms with Gasteiger partial charge in [-0.25, -0.2) is 4.98 Å². The van der Waals surface area contributed by atoms with Gasteiger partial charge in [-0.1, -0.05) is 11.2 Å². The maximum absolute atomic E-state index is 10.6. The fourth-order valence-electron chi connectivity index (χ4n) is 3.32. The van der Waals surface area contributed by atoms with Crippen LogP contribution in [0.15, 0.2) is 34.4 Å². The first-order chi connectivity index (χ1) is 12.2. The molecule has 7 nitrogen and oxygen atoms in total. The van der Waals surface area contributed by atoms with Crippen LogP contribution in [-0.4, -0.2) is 42.8 Å². The second kappa shape index (κ2) is 7.07. The molecule has 25 heavy (non-hydrogen) atoms. The van der Waals surface area contributed by atoms with E-state index in [1.165, 1.54) is 0 Å². The number of hydrogen-bond acceptors (Lipinski definition) is 7. The lowest BCUT2D eigenvalue weighted by Crippen LogP contribution is -2.35. The van der Waals surface area contributed by atoms with Crippen LogP contribution < -0.4 is 0 Å². The third kappa shape index (κ3) is 3.51. The Morgan fingerprint density at radius 2 is 2.24 bits per heavy atom. The minimum Gasteiger partial charge on any atom is -0.385 e. The molecule has 0 bridgehead atoms. The molecule has 3 aromatic rings. The highest BCUT2D eigenvalue weighted by atomic mass is 32.1. The zero-order valence-electron chi connectivity index (χ0n) is 14.1. The molecule has 1 saturated heterocycles. The van der Waals surface area contributed by atoms with Crippen molar-refractivity contribution in [3.05, 3.63) is 41.6 Å². The SMILES string of the molecule is Cn1ccnc1C(O)C1CCN(Cc2nc(-c3cccs3)no2)CC1. The minimum absolute atomic E-state index is 0.238. The quantitative estimate of drug-likeness (QED) is 0.754. The number of imidazole rings is 1. The van der Waals surface area contributed by atoms with E-state index in [0.717, 1.165) is 36.6 Å². The second-order valence-electron chi connectivity index (χ2n) is 6.44. The Labute approximate surface area is 149 Å². The van der Waals surface area contributed by atoms with Crippen LogP contribution >= 0.6 is 11.3 Å². The van der Waals surface area contributed by atoms with E-state index in [4.69, 9.17) is 4.52 Å². The summed E-state index contributed by atoms with van der Waals surface area (Å²) >= 11 is 1.60. The van der Waals surface area contributed by atoms with Crippen molar-refractivity contribution in [1.82, 2.24) is 24.6 Å². The Bertz CT molecular complexity index is 805. The molecule has 3 aromatic heterocycles. The number of aliphatic hydroxyl groups excluding tert-OH is 1. The molecule has 1 unspecified atom stereocenters. The molecule has 4 rings (SSSR count). The molecule has 0 amide bonds. The maximum atomic E-state index is 10.6. The van der Waals surface area contributed by atoms with Gasteiger partial charge >= 0.3 is 0 Å². The monoisotopic (exact) mass is 359 g/mol. The minimum atomic E-state index is -0.504. The fraction of sp³-hybridized carbons (Fsp3) is 0.471. The number of piperidine rings is 1. The summed E-state index contributed by atoms with van der Waals surface area (Å²) in [6.45, 7) is 2.47. The smallest absolute Gasteiger partial charge is 0.241 e. The molecule has 4 heterocycles. The third-order valence-corrected chi connectivity index (χ3v) is 5.64. The van der Waals surface area contributed by atoms with E-state index >= 15 is 0 Å². The van der Waals surface area contributed by atoms with Gasteiger partial charge in [0.25, 0.3) is 0 Å². The molecular formula is C17H21N5O2S. The van der Waals surface area contributed by atoms with Gasteiger partial charge in [0, 0.05) is 19.4 Å². The first-order valence-electron chi connectivity index (χ1n) is 8.45. The van der Waals surface area contributed by atoms with Gasteiger partial charge in [0.2, 0.25) is 11.7 Å². The van der Waals surface area contributed by atoms with E-state index in [0.29, 0.717) is 18.3 Å². The second-order valence-corrected chi connectivity index (χ2v) is 7.39.